The summed E-state index contributed by atoms with van der Waals surface area (Å²) in [6, 6.07) is 10.2. The van der Waals surface area contributed by atoms with Gasteiger partial charge in [-0.25, -0.2) is 0 Å². The summed E-state index contributed by atoms with van der Waals surface area (Å²) in [5.74, 6) is 0.942. The molecule has 1 fully saturated rings. The first kappa shape index (κ1) is 9.53. The number of rotatable bonds is 2. The van der Waals surface area contributed by atoms with E-state index in [9.17, 15) is 0 Å². The minimum Gasteiger partial charge on any atom is -0.490 e. The molecule has 2 nitrogen and oxygen atoms in total. The van der Waals surface area contributed by atoms with Crippen molar-refractivity contribution in [1.82, 2.24) is 0 Å². The van der Waals surface area contributed by atoms with Gasteiger partial charge in [0.2, 0.25) is 0 Å². The predicted octanol–water partition coefficient (Wildman–Crippen LogP) is 2.19. The summed E-state index contributed by atoms with van der Waals surface area (Å²) in [6.45, 7) is 4.32. The van der Waals surface area contributed by atoms with Crippen LogP contribution in [0.25, 0.3) is 0 Å². The van der Waals surface area contributed by atoms with E-state index in [1.165, 1.54) is 0 Å². The average Bonchev–Trinajstić information content (AvgIpc) is 2.19. The molecule has 14 heavy (non-hydrogen) atoms. The first-order chi connectivity index (χ1) is 6.60. The first-order valence-corrected chi connectivity index (χ1v) is 5.08. The van der Waals surface area contributed by atoms with Crippen LogP contribution < -0.4 is 10.5 Å². The van der Waals surface area contributed by atoms with E-state index in [1.54, 1.807) is 0 Å². The quantitative estimate of drug-likeness (QED) is 0.777. The van der Waals surface area contributed by atoms with Gasteiger partial charge in [-0.3, -0.25) is 0 Å². The van der Waals surface area contributed by atoms with Crippen LogP contribution in [-0.4, -0.2) is 12.1 Å². The molecule has 2 unspecified atom stereocenters. The predicted molar refractivity (Wildman–Crippen MR) is 57.2 cm³/mol. The summed E-state index contributed by atoms with van der Waals surface area (Å²) in [5.41, 5.74) is 6.03. The van der Waals surface area contributed by atoms with Gasteiger partial charge in [0.05, 0.1) is 0 Å². The molecule has 1 saturated carbocycles. The lowest BCUT2D eigenvalue weighted by atomic mass is 9.65. The van der Waals surface area contributed by atoms with Gasteiger partial charge >= 0.3 is 0 Å². The van der Waals surface area contributed by atoms with Gasteiger partial charge in [-0.15, -0.1) is 0 Å². The highest BCUT2D eigenvalue weighted by molar-refractivity contribution is 5.22. The molecule has 0 aromatic heterocycles. The summed E-state index contributed by atoms with van der Waals surface area (Å²) in [6.07, 6.45) is 1.22. The van der Waals surface area contributed by atoms with Gasteiger partial charge < -0.3 is 10.5 Å². The fraction of sp³-hybridized carbons (Fsp3) is 0.500. The van der Waals surface area contributed by atoms with Gasteiger partial charge in [0.25, 0.3) is 0 Å². The molecule has 1 aromatic rings. The molecule has 2 N–H and O–H groups in total. The maximum atomic E-state index is 5.92. The topological polar surface area (TPSA) is 35.2 Å². The fourth-order valence-corrected chi connectivity index (χ4v) is 1.78. The van der Waals surface area contributed by atoms with Gasteiger partial charge in [-0.1, -0.05) is 32.0 Å². The summed E-state index contributed by atoms with van der Waals surface area (Å²) in [5, 5.41) is 0. The Morgan fingerprint density at radius 1 is 1.29 bits per heavy atom. The molecule has 0 heterocycles. The van der Waals surface area contributed by atoms with Crippen LogP contribution in [0.15, 0.2) is 30.3 Å². The van der Waals surface area contributed by atoms with Crippen molar-refractivity contribution in [1.29, 1.82) is 0 Å². The molecule has 2 atom stereocenters. The van der Waals surface area contributed by atoms with E-state index in [0.717, 1.165) is 12.2 Å². The van der Waals surface area contributed by atoms with Gasteiger partial charge in [0.15, 0.2) is 0 Å². The minimum absolute atomic E-state index is 0.107. The monoisotopic (exact) mass is 191 g/mol. The van der Waals surface area contributed by atoms with Gasteiger partial charge in [0, 0.05) is 17.9 Å². The molecule has 1 aliphatic carbocycles. The van der Waals surface area contributed by atoms with Gasteiger partial charge in [0.1, 0.15) is 11.9 Å². The molecule has 1 aliphatic rings. The molecule has 1 aromatic carbocycles. The first-order valence-electron chi connectivity index (χ1n) is 5.08. The maximum Gasteiger partial charge on any atom is 0.119 e. The van der Waals surface area contributed by atoms with E-state index in [4.69, 9.17) is 10.5 Å². The largest absolute Gasteiger partial charge is 0.490 e. The van der Waals surface area contributed by atoms with Crippen LogP contribution in [0.1, 0.15) is 20.3 Å². The Morgan fingerprint density at radius 3 is 2.43 bits per heavy atom. The Kier molecular flexibility index (Phi) is 2.23. The molecule has 76 valence electrons. The second-order valence-corrected chi connectivity index (χ2v) is 4.58. The lowest BCUT2D eigenvalue weighted by Crippen LogP contribution is -2.60. The molecule has 0 aliphatic heterocycles. The van der Waals surface area contributed by atoms with Crippen molar-refractivity contribution < 1.29 is 4.74 Å². The van der Waals surface area contributed by atoms with Crippen LogP contribution in [0.5, 0.6) is 5.75 Å². The molecule has 2 heteroatoms. The third-order valence-electron chi connectivity index (χ3n) is 3.28. The molecular formula is C12H17NO. The zero-order valence-corrected chi connectivity index (χ0v) is 8.73. The van der Waals surface area contributed by atoms with Crippen molar-refractivity contribution in [2.75, 3.05) is 0 Å². The van der Waals surface area contributed by atoms with E-state index < -0.39 is 0 Å². The fourth-order valence-electron chi connectivity index (χ4n) is 1.78. The summed E-state index contributed by atoms with van der Waals surface area (Å²) < 4.78 is 5.86. The number of hydrogen-bond acceptors (Lipinski definition) is 2. The molecular weight excluding hydrogens is 174 g/mol. The molecule has 0 saturated heterocycles. The standard InChI is InChI=1S/C12H17NO/c1-12(2)10(13)8-11(12)14-9-6-4-3-5-7-9/h3-7,10-11H,8,13H2,1-2H3. The zero-order chi connectivity index (χ0) is 10.2. The van der Waals surface area contributed by atoms with Crippen molar-refractivity contribution in [3.8, 4) is 5.75 Å². The highest BCUT2D eigenvalue weighted by atomic mass is 16.5. The second kappa shape index (κ2) is 3.28. The molecule has 0 bridgehead atoms. The van der Waals surface area contributed by atoms with Crippen LogP contribution >= 0.6 is 0 Å². The van der Waals surface area contributed by atoms with Crippen molar-refractivity contribution >= 4 is 0 Å². The van der Waals surface area contributed by atoms with Crippen LogP contribution in [0.3, 0.4) is 0 Å². The van der Waals surface area contributed by atoms with Crippen molar-refractivity contribution in [2.24, 2.45) is 11.1 Å². The van der Waals surface area contributed by atoms with E-state index in [0.29, 0.717) is 0 Å². The Labute approximate surface area is 85.1 Å². The molecule has 0 radical (unpaired) electrons. The Bertz CT molecular complexity index is 307. The van der Waals surface area contributed by atoms with Crippen LogP contribution in [-0.2, 0) is 0 Å². The number of para-hydroxylation sites is 1. The summed E-state index contributed by atoms with van der Waals surface area (Å²) >= 11 is 0. The highest BCUT2D eigenvalue weighted by Crippen LogP contribution is 2.41. The number of benzene rings is 1. The average molecular weight is 191 g/mol. The van der Waals surface area contributed by atoms with Crippen molar-refractivity contribution in [2.45, 2.75) is 32.4 Å². The van der Waals surface area contributed by atoms with Crippen LogP contribution in [0.4, 0.5) is 0 Å². The van der Waals surface area contributed by atoms with E-state index in [1.807, 2.05) is 30.3 Å². The molecule has 0 spiro atoms. The van der Waals surface area contributed by atoms with E-state index >= 15 is 0 Å². The minimum atomic E-state index is 0.107. The number of nitrogens with two attached hydrogens (primary N) is 1. The van der Waals surface area contributed by atoms with E-state index in [2.05, 4.69) is 13.8 Å². The maximum absolute atomic E-state index is 5.92. The second-order valence-electron chi connectivity index (χ2n) is 4.58. The Hall–Kier alpha value is -1.02. The van der Waals surface area contributed by atoms with Gasteiger partial charge in [-0.05, 0) is 12.1 Å². The lowest BCUT2D eigenvalue weighted by molar-refractivity contribution is -0.0399. The summed E-state index contributed by atoms with van der Waals surface area (Å²) in [4.78, 5) is 0. The third kappa shape index (κ3) is 1.50. The smallest absolute Gasteiger partial charge is 0.119 e. The SMILES string of the molecule is CC1(C)C(N)CC1Oc1ccccc1. The third-order valence-corrected chi connectivity index (χ3v) is 3.28. The highest BCUT2D eigenvalue weighted by Gasteiger charge is 2.47. The zero-order valence-electron chi connectivity index (χ0n) is 8.73. The summed E-state index contributed by atoms with van der Waals surface area (Å²) in [7, 11) is 0. The number of ether oxygens (including phenoxy) is 1. The Morgan fingerprint density at radius 2 is 1.93 bits per heavy atom. The lowest BCUT2D eigenvalue weighted by Gasteiger charge is -2.49. The Balaban J connectivity index is 2.01. The molecule has 0 amide bonds. The van der Waals surface area contributed by atoms with Crippen molar-refractivity contribution in [3.63, 3.8) is 0 Å². The van der Waals surface area contributed by atoms with Crippen molar-refractivity contribution in [3.05, 3.63) is 30.3 Å². The van der Waals surface area contributed by atoms with Gasteiger partial charge in [-0.2, -0.15) is 0 Å². The molecule has 2 rings (SSSR count). The normalized spacial score (nSPS) is 29.4. The van der Waals surface area contributed by atoms with E-state index in [-0.39, 0.29) is 17.6 Å². The van der Waals surface area contributed by atoms with Crippen LogP contribution in [0, 0.1) is 5.41 Å². The number of hydrogen-bond donors (Lipinski definition) is 1. The van der Waals surface area contributed by atoms with Crippen LogP contribution in [0.2, 0.25) is 0 Å².